The van der Waals surface area contributed by atoms with E-state index in [0.29, 0.717) is 49.0 Å². The zero-order chi connectivity index (χ0) is 29.1. The summed E-state index contributed by atoms with van der Waals surface area (Å²) >= 11 is 0. The molecule has 2 amide bonds. The molecule has 1 atom stereocenters. The van der Waals surface area contributed by atoms with Gasteiger partial charge in [-0.25, -0.2) is 13.8 Å². The lowest BCUT2D eigenvalue weighted by atomic mass is 9.98. The summed E-state index contributed by atoms with van der Waals surface area (Å²) in [6.07, 6.45) is 0.378. The molecule has 0 aromatic heterocycles. The van der Waals surface area contributed by atoms with Gasteiger partial charge in [0.05, 0.1) is 25.0 Å². The van der Waals surface area contributed by atoms with Crippen molar-refractivity contribution < 1.29 is 32.6 Å². The van der Waals surface area contributed by atoms with Crippen LogP contribution in [-0.2, 0) is 9.53 Å². The smallest absolute Gasteiger partial charge is 0.262 e. The Morgan fingerprint density at radius 1 is 0.929 bits per heavy atom. The fraction of sp³-hybridized carbons (Fsp3) is 0.323. The average Bonchev–Trinajstić information content (AvgIpc) is 3.67. The van der Waals surface area contributed by atoms with E-state index in [4.69, 9.17) is 14.2 Å². The quantitative estimate of drug-likeness (QED) is 0.405. The van der Waals surface area contributed by atoms with E-state index in [9.17, 15) is 18.4 Å². The van der Waals surface area contributed by atoms with Gasteiger partial charge in [0, 0.05) is 38.2 Å². The minimum Gasteiger partial charge on any atom is -0.454 e. The number of carbonyl (C=O) groups excluding carboxylic acids is 2. The average molecular weight is 577 g/mol. The van der Waals surface area contributed by atoms with Gasteiger partial charge in [-0.1, -0.05) is 24.3 Å². The summed E-state index contributed by atoms with van der Waals surface area (Å²) in [5.74, 6) is -0.562. The fourth-order valence-corrected chi connectivity index (χ4v) is 5.32. The third-order valence-corrected chi connectivity index (χ3v) is 7.60. The van der Waals surface area contributed by atoms with Crippen molar-refractivity contribution in [1.29, 1.82) is 0 Å². The number of halogens is 2. The number of hydrazone groups is 1. The molecule has 6 rings (SSSR count). The first-order chi connectivity index (χ1) is 20.4. The van der Waals surface area contributed by atoms with E-state index in [1.165, 1.54) is 46.3 Å². The molecular weight excluding hydrogens is 546 g/mol. The van der Waals surface area contributed by atoms with Crippen LogP contribution in [0.2, 0.25) is 0 Å². The summed E-state index contributed by atoms with van der Waals surface area (Å²) < 4.78 is 44.1. The second-order valence-electron chi connectivity index (χ2n) is 10.3. The standard InChI is InChI=1S/C31H30F2N4O5/c32-24-7-4-21(5-8-24)26-18-27(22-6-9-28-29(17-22)42-20-41-28)37(34-26)30(38)19-36(11-10-35-12-14-40-15-13-35)31(39)23-2-1-3-25(33)16-23/h1-9,16-17,27H,10-15,18-20H2/t27-/m0/s1. The molecule has 3 aliphatic rings. The summed E-state index contributed by atoms with van der Waals surface area (Å²) in [6.45, 7) is 3.29. The molecule has 11 heteroatoms. The van der Waals surface area contributed by atoms with Gasteiger partial charge in [-0.3, -0.25) is 14.5 Å². The van der Waals surface area contributed by atoms with E-state index >= 15 is 0 Å². The van der Waals surface area contributed by atoms with Crippen LogP contribution in [-0.4, -0.2) is 85.1 Å². The number of fused-ring (bicyclic) bond motifs is 1. The molecule has 1 saturated heterocycles. The largest absolute Gasteiger partial charge is 0.454 e. The van der Waals surface area contributed by atoms with Crippen LogP contribution in [0.4, 0.5) is 8.78 Å². The Bertz CT molecular complexity index is 1490. The Hall–Kier alpha value is -4.35. The third kappa shape index (κ3) is 6.12. The maximum atomic E-state index is 14.0. The zero-order valence-electron chi connectivity index (χ0n) is 22.9. The Labute approximate surface area is 241 Å². The van der Waals surface area contributed by atoms with Gasteiger partial charge in [-0.2, -0.15) is 5.10 Å². The van der Waals surface area contributed by atoms with E-state index in [0.717, 1.165) is 18.7 Å². The number of nitrogens with zero attached hydrogens (tertiary/aromatic N) is 4. The normalized spacial score (nSPS) is 18.2. The van der Waals surface area contributed by atoms with E-state index in [-0.39, 0.29) is 31.3 Å². The number of hydrogen-bond acceptors (Lipinski definition) is 7. The lowest BCUT2D eigenvalue weighted by Crippen LogP contribution is -2.46. The van der Waals surface area contributed by atoms with Crippen LogP contribution in [0.15, 0.2) is 71.8 Å². The summed E-state index contributed by atoms with van der Waals surface area (Å²) in [6, 6.07) is 16.4. The lowest BCUT2D eigenvalue weighted by Gasteiger charge is -2.31. The van der Waals surface area contributed by atoms with Gasteiger partial charge in [-0.05, 0) is 53.6 Å². The minimum atomic E-state index is -0.531. The van der Waals surface area contributed by atoms with E-state index in [1.54, 1.807) is 18.2 Å². The van der Waals surface area contributed by atoms with Gasteiger partial charge in [0.25, 0.3) is 11.8 Å². The number of benzene rings is 3. The fourth-order valence-electron chi connectivity index (χ4n) is 5.32. The first kappa shape index (κ1) is 27.8. The molecule has 0 N–H and O–H groups in total. The number of morpholine rings is 1. The van der Waals surface area contributed by atoms with E-state index in [1.807, 2.05) is 12.1 Å². The Kier molecular flexibility index (Phi) is 8.11. The molecule has 3 aliphatic heterocycles. The highest BCUT2D eigenvalue weighted by Crippen LogP contribution is 2.39. The topological polar surface area (TPSA) is 83.9 Å². The van der Waals surface area contributed by atoms with Crippen molar-refractivity contribution in [3.05, 3.63) is 95.1 Å². The minimum absolute atomic E-state index is 0.115. The number of carbonyl (C=O) groups is 2. The van der Waals surface area contributed by atoms with Crippen LogP contribution in [0, 0.1) is 11.6 Å². The summed E-state index contributed by atoms with van der Waals surface area (Å²) in [5.41, 5.74) is 2.25. The van der Waals surface area contributed by atoms with Gasteiger partial charge in [0.2, 0.25) is 6.79 Å². The van der Waals surface area contributed by atoms with E-state index < -0.39 is 23.7 Å². The van der Waals surface area contributed by atoms with E-state index in [2.05, 4.69) is 10.0 Å². The highest BCUT2D eigenvalue weighted by molar-refractivity contribution is 6.03. The molecule has 9 nitrogen and oxygen atoms in total. The van der Waals surface area contributed by atoms with Gasteiger partial charge in [0.15, 0.2) is 11.5 Å². The molecule has 218 valence electrons. The third-order valence-electron chi connectivity index (χ3n) is 7.60. The van der Waals surface area contributed by atoms with Crippen LogP contribution in [0.5, 0.6) is 11.5 Å². The molecule has 0 unspecified atom stereocenters. The summed E-state index contributed by atoms with van der Waals surface area (Å²) in [4.78, 5) is 31.1. The molecule has 0 aliphatic carbocycles. The second-order valence-corrected chi connectivity index (χ2v) is 10.3. The second kappa shape index (κ2) is 12.3. The monoisotopic (exact) mass is 576 g/mol. The lowest BCUT2D eigenvalue weighted by molar-refractivity contribution is -0.133. The van der Waals surface area contributed by atoms with Gasteiger partial charge < -0.3 is 19.1 Å². The first-order valence-electron chi connectivity index (χ1n) is 13.8. The molecule has 3 aromatic carbocycles. The van der Waals surface area contributed by atoms with Gasteiger partial charge >= 0.3 is 0 Å². The Morgan fingerprint density at radius 2 is 1.71 bits per heavy atom. The number of amides is 2. The van der Waals surface area contributed by atoms with Gasteiger partial charge in [-0.15, -0.1) is 0 Å². The molecule has 0 spiro atoms. The molecule has 0 bridgehead atoms. The molecular formula is C31H30F2N4O5. The van der Waals surface area contributed by atoms with Crippen LogP contribution in [0.1, 0.15) is 33.9 Å². The molecule has 0 radical (unpaired) electrons. The van der Waals surface area contributed by atoms with Crippen molar-refractivity contribution >= 4 is 17.5 Å². The molecule has 3 aromatic rings. The predicted molar refractivity (Wildman–Crippen MR) is 149 cm³/mol. The van der Waals surface area contributed by atoms with Crippen LogP contribution >= 0.6 is 0 Å². The van der Waals surface area contributed by atoms with Crippen LogP contribution < -0.4 is 9.47 Å². The number of hydrogen-bond donors (Lipinski definition) is 0. The number of ether oxygens (including phenoxy) is 3. The summed E-state index contributed by atoms with van der Waals surface area (Å²) in [7, 11) is 0. The highest BCUT2D eigenvalue weighted by Gasteiger charge is 2.35. The molecule has 0 saturated carbocycles. The Balaban J connectivity index is 1.28. The van der Waals surface area contributed by atoms with Crippen molar-refractivity contribution in [1.82, 2.24) is 14.8 Å². The van der Waals surface area contributed by atoms with Crippen molar-refractivity contribution in [3.8, 4) is 11.5 Å². The zero-order valence-corrected chi connectivity index (χ0v) is 22.9. The van der Waals surface area contributed by atoms with Crippen molar-refractivity contribution in [2.75, 3.05) is 52.7 Å². The van der Waals surface area contributed by atoms with Gasteiger partial charge in [0.1, 0.15) is 18.2 Å². The van der Waals surface area contributed by atoms with Crippen LogP contribution in [0.3, 0.4) is 0 Å². The maximum absolute atomic E-state index is 14.0. The molecule has 3 heterocycles. The molecule has 1 fully saturated rings. The summed E-state index contributed by atoms with van der Waals surface area (Å²) in [5, 5.41) is 6.06. The SMILES string of the molecule is O=C(c1cccc(F)c1)N(CCN1CCOCC1)CC(=O)N1N=C(c2ccc(F)cc2)C[C@H]1c1ccc2c(c1)OCO2. The highest BCUT2D eigenvalue weighted by atomic mass is 19.1. The first-order valence-corrected chi connectivity index (χ1v) is 13.8. The predicted octanol–water partition coefficient (Wildman–Crippen LogP) is 3.85. The van der Waals surface area contributed by atoms with Crippen molar-refractivity contribution in [2.45, 2.75) is 12.5 Å². The molecule has 42 heavy (non-hydrogen) atoms. The van der Waals surface area contributed by atoms with Crippen molar-refractivity contribution in [2.24, 2.45) is 5.10 Å². The van der Waals surface area contributed by atoms with Crippen molar-refractivity contribution in [3.63, 3.8) is 0 Å². The maximum Gasteiger partial charge on any atom is 0.262 e. The van der Waals surface area contributed by atoms with Crippen LogP contribution in [0.25, 0.3) is 0 Å². The Morgan fingerprint density at radius 3 is 2.50 bits per heavy atom. The number of rotatable bonds is 8.